The lowest BCUT2D eigenvalue weighted by Crippen LogP contribution is -1.97. The molecule has 4 aromatic rings. The zero-order chi connectivity index (χ0) is 32.7. The minimum Gasteiger partial charge on any atom is -0.494 e. The smallest absolute Gasteiger partial charge is 0.150 e. The molecule has 0 aliphatic heterocycles. The third-order valence-electron chi connectivity index (χ3n) is 8.06. The lowest BCUT2D eigenvalue weighted by atomic mass is 10.0. The monoisotopic (exact) mass is 640 g/mol. The highest BCUT2D eigenvalue weighted by Crippen LogP contribution is 2.24. The van der Waals surface area contributed by atoms with Crippen LogP contribution in [0.1, 0.15) is 107 Å². The summed E-state index contributed by atoms with van der Waals surface area (Å²) in [4.78, 5) is 10.7. The first-order valence-corrected chi connectivity index (χ1v) is 17.9. The molecule has 0 bridgehead atoms. The molecular formula is C42H53ClO3. The van der Waals surface area contributed by atoms with E-state index >= 15 is 0 Å². The molecule has 0 aliphatic rings. The van der Waals surface area contributed by atoms with Gasteiger partial charge in [0, 0.05) is 11.4 Å². The summed E-state index contributed by atoms with van der Waals surface area (Å²) in [6, 6.07) is 32.5. The van der Waals surface area contributed by atoms with E-state index in [-0.39, 0.29) is 0 Å². The fourth-order valence-electron chi connectivity index (χ4n) is 5.17. The lowest BCUT2D eigenvalue weighted by molar-refractivity contribution is 0.112. The Labute approximate surface area is 283 Å². The van der Waals surface area contributed by atoms with Gasteiger partial charge in [-0.05, 0) is 64.9 Å². The first-order chi connectivity index (χ1) is 22.7. The number of halogens is 1. The second kappa shape index (κ2) is 22.9. The van der Waals surface area contributed by atoms with Gasteiger partial charge in [-0.1, -0.05) is 151 Å². The van der Waals surface area contributed by atoms with E-state index in [4.69, 9.17) is 21.1 Å². The molecule has 0 amide bonds. The normalized spacial score (nSPS) is 10.6. The highest BCUT2D eigenvalue weighted by atomic mass is 35.5. The summed E-state index contributed by atoms with van der Waals surface area (Å²) in [7, 11) is 0. The largest absolute Gasteiger partial charge is 0.494 e. The van der Waals surface area contributed by atoms with E-state index in [0.717, 1.165) is 60.5 Å². The van der Waals surface area contributed by atoms with Crippen molar-refractivity contribution < 1.29 is 14.3 Å². The van der Waals surface area contributed by atoms with Crippen molar-refractivity contribution in [2.75, 3.05) is 13.2 Å². The van der Waals surface area contributed by atoms with Gasteiger partial charge in [0.25, 0.3) is 0 Å². The molecule has 0 aliphatic carbocycles. The lowest BCUT2D eigenvalue weighted by Gasteiger charge is -2.08. The van der Waals surface area contributed by atoms with Crippen LogP contribution >= 0.6 is 11.6 Å². The molecule has 0 radical (unpaired) electrons. The van der Waals surface area contributed by atoms with Crippen LogP contribution in [0, 0.1) is 0 Å². The number of hydrogen-bond donors (Lipinski definition) is 0. The third kappa shape index (κ3) is 14.3. The van der Waals surface area contributed by atoms with Crippen LogP contribution in [0.15, 0.2) is 97.1 Å². The van der Waals surface area contributed by atoms with Gasteiger partial charge in [0.1, 0.15) is 17.8 Å². The number of unbranched alkanes of at least 4 members (excludes halogenated alkanes) is 10. The van der Waals surface area contributed by atoms with Gasteiger partial charge in [-0.2, -0.15) is 0 Å². The van der Waals surface area contributed by atoms with Gasteiger partial charge in [0.05, 0.1) is 13.2 Å². The minimum atomic E-state index is 0.561. The number of alkyl halides is 1. The molecule has 0 spiro atoms. The number of ether oxygens (including phenoxy) is 2. The van der Waals surface area contributed by atoms with Crippen molar-refractivity contribution in [1.82, 2.24) is 0 Å². The van der Waals surface area contributed by atoms with Crippen molar-refractivity contribution in [3.8, 4) is 33.8 Å². The summed E-state index contributed by atoms with van der Waals surface area (Å²) in [5.74, 6) is 2.44. The predicted octanol–water partition coefficient (Wildman–Crippen LogP) is 12.7. The maximum atomic E-state index is 10.7. The Hall–Kier alpha value is -3.56. The standard InChI is InChI=1S/C21H27ClO.C21H26O2/c2*1-2-3-4-5-6-7-16-23-21-14-12-20(13-15-21)19-10-8-18(17-22)9-11-19/h8-15H,2-7,16-17H2,1H3;8-15,17H,2-7,16H2,1H3. The SMILES string of the molecule is CCCCCCCCOc1ccc(-c2ccc(C=O)cc2)cc1.CCCCCCCCOc1ccc(-c2ccc(CCl)cc2)cc1. The van der Waals surface area contributed by atoms with Gasteiger partial charge in [0.2, 0.25) is 0 Å². The molecule has 0 fully saturated rings. The van der Waals surface area contributed by atoms with Crippen LogP contribution in [0.5, 0.6) is 11.5 Å². The van der Waals surface area contributed by atoms with E-state index in [9.17, 15) is 4.79 Å². The van der Waals surface area contributed by atoms with Crippen LogP contribution in [0.25, 0.3) is 22.3 Å². The van der Waals surface area contributed by atoms with E-state index < -0.39 is 0 Å². The topological polar surface area (TPSA) is 35.5 Å². The number of aldehydes is 1. The Kier molecular flexibility index (Phi) is 18.3. The molecule has 0 saturated carbocycles. The van der Waals surface area contributed by atoms with Crippen LogP contribution in [-0.2, 0) is 5.88 Å². The highest BCUT2D eigenvalue weighted by Gasteiger charge is 2.01. The van der Waals surface area contributed by atoms with Crippen molar-refractivity contribution in [1.29, 1.82) is 0 Å². The van der Waals surface area contributed by atoms with E-state index in [1.807, 2.05) is 36.4 Å². The van der Waals surface area contributed by atoms with Gasteiger partial charge in [-0.15, -0.1) is 11.6 Å². The van der Waals surface area contributed by atoms with Gasteiger partial charge in [0.15, 0.2) is 0 Å². The Balaban J connectivity index is 0.000000250. The molecule has 46 heavy (non-hydrogen) atoms. The average molecular weight is 641 g/mol. The first kappa shape index (κ1) is 36.9. The Morgan fingerprint density at radius 1 is 0.478 bits per heavy atom. The van der Waals surface area contributed by atoms with Crippen LogP contribution in [0.2, 0.25) is 0 Å². The van der Waals surface area contributed by atoms with Gasteiger partial charge < -0.3 is 9.47 Å². The van der Waals surface area contributed by atoms with Gasteiger partial charge in [-0.25, -0.2) is 0 Å². The number of rotatable bonds is 20. The van der Waals surface area contributed by atoms with E-state index in [1.54, 1.807) is 0 Å². The number of carbonyl (C=O) groups excluding carboxylic acids is 1. The first-order valence-electron chi connectivity index (χ1n) is 17.3. The van der Waals surface area contributed by atoms with Crippen LogP contribution < -0.4 is 9.47 Å². The summed E-state index contributed by atoms with van der Waals surface area (Å²) in [5, 5.41) is 0. The molecular weight excluding hydrogens is 588 g/mol. The Morgan fingerprint density at radius 2 is 0.826 bits per heavy atom. The van der Waals surface area contributed by atoms with E-state index in [1.165, 1.54) is 75.3 Å². The fraction of sp³-hybridized carbons (Fsp3) is 0.405. The van der Waals surface area contributed by atoms with Crippen molar-refractivity contribution in [3.63, 3.8) is 0 Å². The second-order valence-corrected chi connectivity index (χ2v) is 12.1. The second-order valence-electron chi connectivity index (χ2n) is 11.9. The molecule has 4 rings (SSSR count). The van der Waals surface area contributed by atoms with E-state index in [0.29, 0.717) is 11.4 Å². The van der Waals surface area contributed by atoms with Crippen molar-refractivity contribution in [3.05, 3.63) is 108 Å². The quantitative estimate of drug-likeness (QED) is 0.0547. The number of benzene rings is 4. The number of carbonyl (C=O) groups is 1. The molecule has 0 N–H and O–H groups in total. The molecule has 4 aromatic carbocycles. The van der Waals surface area contributed by atoms with Crippen molar-refractivity contribution in [2.24, 2.45) is 0 Å². The molecule has 0 atom stereocenters. The van der Waals surface area contributed by atoms with Crippen molar-refractivity contribution >= 4 is 17.9 Å². The fourth-order valence-corrected chi connectivity index (χ4v) is 5.35. The summed E-state index contributed by atoms with van der Waals surface area (Å²) in [6.07, 6.45) is 16.3. The molecule has 4 heteroatoms. The minimum absolute atomic E-state index is 0.561. The Bertz CT molecular complexity index is 1330. The predicted molar refractivity (Wildman–Crippen MR) is 196 cm³/mol. The van der Waals surface area contributed by atoms with Gasteiger partial charge in [-0.3, -0.25) is 4.79 Å². The Morgan fingerprint density at radius 3 is 1.20 bits per heavy atom. The average Bonchev–Trinajstić information content (AvgIpc) is 3.12. The maximum Gasteiger partial charge on any atom is 0.150 e. The molecule has 0 aromatic heterocycles. The third-order valence-corrected chi connectivity index (χ3v) is 8.37. The summed E-state index contributed by atoms with van der Waals surface area (Å²) in [6.45, 7) is 6.10. The molecule has 0 saturated heterocycles. The van der Waals surface area contributed by atoms with Crippen LogP contribution in [0.3, 0.4) is 0 Å². The zero-order valence-electron chi connectivity index (χ0n) is 28.0. The molecule has 0 heterocycles. The van der Waals surface area contributed by atoms with Gasteiger partial charge >= 0.3 is 0 Å². The highest BCUT2D eigenvalue weighted by molar-refractivity contribution is 6.17. The van der Waals surface area contributed by atoms with Crippen LogP contribution in [-0.4, -0.2) is 19.5 Å². The summed E-state index contributed by atoms with van der Waals surface area (Å²) < 4.78 is 11.6. The summed E-state index contributed by atoms with van der Waals surface area (Å²) >= 11 is 5.83. The molecule has 3 nitrogen and oxygen atoms in total. The summed E-state index contributed by atoms with van der Waals surface area (Å²) in [5.41, 5.74) is 6.51. The van der Waals surface area contributed by atoms with E-state index in [2.05, 4.69) is 74.5 Å². The maximum absolute atomic E-state index is 10.7. The zero-order valence-corrected chi connectivity index (χ0v) is 28.8. The molecule has 0 unspecified atom stereocenters. The van der Waals surface area contributed by atoms with Crippen LogP contribution in [0.4, 0.5) is 0 Å². The van der Waals surface area contributed by atoms with Crippen molar-refractivity contribution in [2.45, 2.75) is 96.8 Å². The molecule has 246 valence electrons. The number of hydrogen-bond acceptors (Lipinski definition) is 3.